The summed E-state index contributed by atoms with van der Waals surface area (Å²) in [6.45, 7) is 7.66. The molecule has 0 unspecified atom stereocenters. The fourth-order valence-electron chi connectivity index (χ4n) is 4.31. The van der Waals surface area contributed by atoms with Crippen molar-refractivity contribution in [2.75, 3.05) is 33.5 Å². The van der Waals surface area contributed by atoms with E-state index < -0.39 is 17.3 Å². The number of methoxy groups -OCH3 is 1. The second kappa shape index (κ2) is 10.2. The summed E-state index contributed by atoms with van der Waals surface area (Å²) in [5, 5.41) is 18.2. The van der Waals surface area contributed by atoms with Crippen molar-refractivity contribution in [1.82, 2.24) is 24.4 Å². The highest BCUT2D eigenvalue weighted by Gasteiger charge is 2.31. The van der Waals surface area contributed by atoms with Gasteiger partial charge in [-0.05, 0) is 31.8 Å². The number of aromatic hydroxyl groups is 1. The summed E-state index contributed by atoms with van der Waals surface area (Å²) >= 11 is 0. The molecule has 35 heavy (non-hydrogen) atoms. The van der Waals surface area contributed by atoms with Gasteiger partial charge in [0, 0.05) is 37.9 Å². The molecule has 1 saturated carbocycles. The van der Waals surface area contributed by atoms with Gasteiger partial charge in [-0.25, -0.2) is 0 Å². The zero-order valence-electron chi connectivity index (χ0n) is 20.6. The third-order valence-electron chi connectivity index (χ3n) is 6.17. The normalized spacial score (nSPS) is 18.7. The molecular formula is C24H33N5O6. The van der Waals surface area contributed by atoms with Crippen LogP contribution < -0.4 is 10.9 Å². The SMILES string of the molecule is COC[C@H]1COCCN1C(=O)/C=C/c1c(C)nn2c(=O)c(C(=O)NC3CC3)c(O)n(CC(C)C)c12. The first kappa shape index (κ1) is 24.9. The lowest BCUT2D eigenvalue weighted by Gasteiger charge is -2.34. The molecule has 1 atom stereocenters. The van der Waals surface area contributed by atoms with E-state index >= 15 is 0 Å². The first-order valence-electron chi connectivity index (χ1n) is 11.9. The number of fused-ring (bicyclic) bond motifs is 1. The van der Waals surface area contributed by atoms with Gasteiger partial charge < -0.3 is 24.8 Å². The third-order valence-corrected chi connectivity index (χ3v) is 6.17. The van der Waals surface area contributed by atoms with Crippen molar-refractivity contribution in [1.29, 1.82) is 0 Å². The van der Waals surface area contributed by atoms with E-state index in [2.05, 4.69) is 10.4 Å². The Hall–Kier alpha value is -3.18. The van der Waals surface area contributed by atoms with E-state index in [1.165, 1.54) is 10.6 Å². The molecule has 2 aromatic heterocycles. The minimum Gasteiger partial charge on any atom is -0.494 e. The van der Waals surface area contributed by atoms with Gasteiger partial charge in [0.25, 0.3) is 11.5 Å². The maximum Gasteiger partial charge on any atom is 0.291 e. The van der Waals surface area contributed by atoms with Crippen LogP contribution in [0.3, 0.4) is 0 Å². The standard InChI is InChI=1S/C24H33N5O6/c1-14(2)11-28-22-18(7-8-19(30)27-9-10-35-13-17(27)12-34-4)15(3)26-29(22)24(33)20(23(28)32)21(31)25-16-5-6-16/h7-8,14,16-17,32H,5-6,9-13H2,1-4H3,(H,25,31)/b8-7+/t17-/m0/s1. The number of rotatable bonds is 8. The molecule has 2 N–H and O–H groups in total. The van der Waals surface area contributed by atoms with Crippen LogP contribution in [0.15, 0.2) is 10.9 Å². The van der Waals surface area contributed by atoms with Crippen LogP contribution in [0.5, 0.6) is 5.88 Å². The summed E-state index contributed by atoms with van der Waals surface area (Å²) in [5.74, 6) is -1.12. The summed E-state index contributed by atoms with van der Waals surface area (Å²) in [7, 11) is 1.58. The van der Waals surface area contributed by atoms with Crippen LogP contribution in [0.2, 0.25) is 0 Å². The molecule has 1 aliphatic heterocycles. The smallest absolute Gasteiger partial charge is 0.291 e. The van der Waals surface area contributed by atoms with Crippen LogP contribution >= 0.6 is 0 Å². The molecule has 11 heteroatoms. The predicted molar refractivity (Wildman–Crippen MR) is 128 cm³/mol. The summed E-state index contributed by atoms with van der Waals surface area (Å²) < 4.78 is 13.4. The molecule has 0 aromatic carbocycles. The average molecular weight is 488 g/mol. The number of morpholine rings is 1. The van der Waals surface area contributed by atoms with Gasteiger partial charge >= 0.3 is 0 Å². The fraction of sp³-hybridized carbons (Fsp3) is 0.583. The second-order valence-electron chi connectivity index (χ2n) is 9.54. The number of ether oxygens (including phenoxy) is 2. The summed E-state index contributed by atoms with van der Waals surface area (Å²) in [5.41, 5.74) is 0.337. The van der Waals surface area contributed by atoms with E-state index in [9.17, 15) is 19.5 Å². The molecule has 0 radical (unpaired) electrons. The number of hydrogen-bond acceptors (Lipinski definition) is 7. The second-order valence-corrected chi connectivity index (χ2v) is 9.54. The molecule has 2 amide bonds. The monoisotopic (exact) mass is 487 g/mol. The van der Waals surface area contributed by atoms with E-state index in [1.807, 2.05) is 13.8 Å². The quantitative estimate of drug-likeness (QED) is 0.531. The minimum absolute atomic E-state index is 0.0292. The number of hydrogen-bond donors (Lipinski definition) is 2. The van der Waals surface area contributed by atoms with E-state index in [0.29, 0.717) is 49.8 Å². The molecule has 2 aromatic rings. The lowest BCUT2D eigenvalue weighted by atomic mass is 10.1. The Morgan fingerprint density at radius 2 is 2.09 bits per heavy atom. The van der Waals surface area contributed by atoms with Crippen molar-refractivity contribution in [2.24, 2.45) is 5.92 Å². The number of carbonyl (C=O) groups is 2. The van der Waals surface area contributed by atoms with E-state index in [0.717, 1.165) is 17.4 Å². The predicted octanol–water partition coefficient (Wildman–Crippen LogP) is 0.945. The van der Waals surface area contributed by atoms with Gasteiger partial charge in [0.15, 0.2) is 5.56 Å². The lowest BCUT2D eigenvalue weighted by Crippen LogP contribution is -2.50. The van der Waals surface area contributed by atoms with E-state index in [-0.39, 0.29) is 29.5 Å². The van der Waals surface area contributed by atoms with Gasteiger partial charge in [0.2, 0.25) is 11.8 Å². The topological polar surface area (TPSA) is 127 Å². The molecular weight excluding hydrogens is 454 g/mol. The Balaban J connectivity index is 1.77. The molecule has 1 aliphatic carbocycles. The Bertz CT molecular complexity index is 1210. The van der Waals surface area contributed by atoms with Crippen LogP contribution in [-0.4, -0.2) is 81.6 Å². The number of carbonyl (C=O) groups excluding carboxylic acids is 2. The maximum absolute atomic E-state index is 13.2. The van der Waals surface area contributed by atoms with Crippen molar-refractivity contribution in [3.8, 4) is 5.88 Å². The van der Waals surface area contributed by atoms with Gasteiger partial charge in [-0.15, -0.1) is 0 Å². The zero-order chi connectivity index (χ0) is 25.3. The molecule has 3 heterocycles. The van der Waals surface area contributed by atoms with Crippen LogP contribution in [0.4, 0.5) is 0 Å². The summed E-state index contributed by atoms with van der Waals surface area (Å²) in [6.07, 6.45) is 4.76. The van der Waals surface area contributed by atoms with Crippen LogP contribution in [0.1, 0.15) is 48.3 Å². The highest BCUT2D eigenvalue weighted by Crippen LogP contribution is 2.26. The molecule has 2 aliphatic rings. The number of amides is 2. The van der Waals surface area contributed by atoms with Gasteiger partial charge in [-0.2, -0.15) is 9.61 Å². The number of nitrogens with zero attached hydrogens (tertiary/aromatic N) is 4. The lowest BCUT2D eigenvalue weighted by molar-refractivity contribution is -0.136. The molecule has 4 rings (SSSR count). The number of aryl methyl sites for hydroxylation is 1. The molecule has 0 bridgehead atoms. The third kappa shape index (κ3) is 5.10. The van der Waals surface area contributed by atoms with Crippen molar-refractivity contribution in [2.45, 2.75) is 52.2 Å². The number of nitrogens with one attached hydrogen (secondary N) is 1. The highest BCUT2D eigenvalue weighted by molar-refractivity contribution is 5.97. The van der Waals surface area contributed by atoms with Gasteiger partial charge in [-0.3, -0.25) is 19.0 Å². The number of aromatic nitrogens is 3. The minimum atomic E-state index is -0.696. The van der Waals surface area contributed by atoms with Crippen molar-refractivity contribution >= 4 is 23.5 Å². The summed E-state index contributed by atoms with van der Waals surface area (Å²) in [6, 6.07) is -0.159. The zero-order valence-corrected chi connectivity index (χ0v) is 20.6. The molecule has 11 nitrogen and oxygen atoms in total. The van der Waals surface area contributed by atoms with Gasteiger partial charge in [0.05, 0.1) is 31.6 Å². The van der Waals surface area contributed by atoms with E-state index in [1.54, 1.807) is 25.0 Å². The summed E-state index contributed by atoms with van der Waals surface area (Å²) in [4.78, 5) is 40.7. The molecule has 2 fully saturated rings. The Morgan fingerprint density at radius 3 is 2.74 bits per heavy atom. The highest BCUT2D eigenvalue weighted by atomic mass is 16.5. The van der Waals surface area contributed by atoms with Gasteiger partial charge in [-0.1, -0.05) is 13.8 Å². The Labute approximate surface area is 203 Å². The van der Waals surface area contributed by atoms with Crippen LogP contribution in [0, 0.1) is 12.8 Å². The van der Waals surface area contributed by atoms with Crippen LogP contribution in [0.25, 0.3) is 11.7 Å². The van der Waals surface area contributed by atoms with Crippen molar-refractivity contribution in [3.63, 3.8) is 0 Å². The molecule has 1 saturated heterocycles. The maximum atomic E-state index is 13.2. The fourth-order valence-corrected chi connectivity index (χ4v) is 4.31. The Morgan fingerprint density at radius 1 is 1.34 bits per heavy atom. The largest absolute Gasteiger partial charge is 0.494 e. The average Bonchev–Trinajstić information content (AvgIpc) is 3.56. The van der Waals surface area contributed by atoms with Crippen LogP contribution in [-0.2, 0) is 20.8 Å². The molecule has 0 spiro atoms. The van der Waals surface area contributed by atoms with Gasteiger partial charge in [0.1, 0.15) is 5.65 Å². The first-order chi connectivity index (χ1) is 16.7. The first-order valence-corrected chi connectivity index (χ1v) is 11.9. The van der Waals surface area contributed by atoms with Crippen molar-refractivity contribution < 1.29 is 24.2 Å². The van der Waals surface area contributed by atoms with Crippen molar-refractivity contribution in [3.05, 3.63) is 33.3 Å². The Kier molecular flexibility index (Phi) is 7.27. The molecule has 190 valence electrons. The van der Waals surface area contributed by atoms with E-state index in [4.69, 9.17) is 9.47 Å².